The summed E-state index contributed by atoms with van der Waals surface area (Å²) in [7, 11) is 0. The van der Waals surface area contributed by atoms with Crippen molar-refractivity contribution in [2.75, 3.05) is 26.4 Å². The first-order chi connectivity index (χ1) is 3.91. The van der Waals surface area contributed by atoms with Gasteiger partial charge in [-0.1, -0.05) is 13.2 Å². The van der Waals surface area contributed by atoms with E-state index < -0.39 is 0 Å². The highest BCUT2D eigenvalue weighted by atomic mass is 16.5. The summed E-state index contributed by atoms with van der Waals surface area (Å²) in [6, 6.07) is 0. The molecule has 0 aliphatic carbocycles. The molecule has 0 aliphatic rings. The lowest BCUT2D eigenvalue weighted by atomic mass is 10.7. The minimum Gasteiger partial charge on any atom is -0.411 e. The molecule has 0 spiro atoms. The topological polar surface area (TPSA) is 18.5 Å². The number of ether oxygens (including phenoxy) is 2. The summed E-state index contributed by atoms with van der Waals surface area (Å²) in [5.41, 5.74) is 0. The first-order valence-electron chi connectivity index (χ1n) is 2.65. The van der Waals surface area contributed by atoms with Crippen molar-refractivity contribution < 1.29 is 9.47 Å². The first-order valence-corrected chi connectivity index (χ1v) is 2.65. The number of rotatable bonds is 5. The van der Waals surface area contributed by atoms with E-state index in [-0.39, 0.29) is 0 Å². The van der Waals surface area contributed by atoms with Gasteiger partial charge in [-0.2, -0.15) is 0 Å². The van der Waals surface area contributed by atoms with E-state index in [1.54, 1.807) is 0 Å². The molecular weight excluding hydrogens is 104 g/mol. The van der Waals surface area contributed by atoms with Gasteiger partial charge in [0, 0.05) is 0 Å². The van der Waals surface area contributed by atoms with Crippen LogP contribution in [0.3, 0.4) is 0 Å². The van der Waals surface area contributed by atoms with E-state index in [1.807, 2.05) is 0 Å². The van der Waals surface area contributed by atoms with Crippen LogP contribution >= 0.6 is 0 Å². The van der Waals surface area contributed by atoms with E-state index in [9.17, 15) is 0 Å². The van der Waals surface area contributed by atoms with E-state index in [4.69, 9.17) is 9.47 Å². The second-order valence-electron chi connectivity index (χ2n) is 1.22. The fourth-order valence-electron chi connectivity index (χ4n) is 0.322. The second-order valence-corrected chi connectivity index (χ2v) is 1.22. The summed E-state index contributed by atoms with van der Waals surface area (Å²) < 4.78 is 9.74. The molecule has 0 radical (unpaired) electrons. The average Bonchev–Trinajstić information content (AvgIpc) is 1.81. The van der Waals surface area contributed by atoms with Crippen molar-refractivity contribution in [1.82, 2.24) is 0 Å². The van der Waals surface area contributed by atoms with Gasteiger partial charge in [-0.3, -0.25) is 0 Å². The van der Waals surface area contributed by atoms with Crippen LogP contribution in [0.2, 0.25) is 0 Å². The Morgan fingerprint density at radius 3 is 1.50 bits per heavy atom. The Hall–Kier alpha value is -0.0800. The van der Waals surface area contributed by atoms with Gasteiger partial charge in [-0.15, -0.1) is 0 Å². The molecule has 8 heavy (non-hydrogen) atoms. The molecule has 50 valence electrons. The molecule has 0 saturated carbocycles. The molecule has 0 fully saturated rings. The van der Waals surface area contributed by atoms with Crippen LogP contribution in [-0.4, -0.2) is 26.4 Å². The Morgan fingerprint density at radius 1 is 0.875 bits per heavy atom. The zero-order valence-corrected chi connectivity index (χ0v) is 5.06. The highest BCUT2D eigenvalue weighted by Gasteiger charge is 1.77. The first kappa shape index (κ1) is 7.92. The van der Waals surface area contributed by atoms with Crippen molar-refractivity contribution in [2.45, 2.75) is 0 Å². The van der Waals surface area contributed by atoms with Gasteiger partial charge in [0.25, 0.3) is 0 Å². The summed E-state index contributed by atoms with van der Waals surface area (Å²) >= 11 is 0. The maximum absolute atomic E-state index is 4.87. The molecule has 2 heteroatoms. The minimum atomic E-state index is 0.514. The molecule has 0 atom stereocenters. The van der Waals surface area contributed by atoms with Gasteiger partial charge in [-0.05, 0) is 0 Å². The smallest absolute Gasteiger partial charge is 0.0663 e. The quantitative estimate of drug-likeness (QED) is 0.388. The molecule has 2 nitrogen and oxygen atoms in total. The van der Waals surface area contributed by atoms with Crippen LogP contribution in [0.25, 0.3) is 0 Å². The lowest BCUT2D eigenvalue weighted by Crippen LogP contribution is -2.03. The van der Waals surface area contributed by atoms with E-state index >= 15 is 0 Å². The standard InChI is InChI=1S/C6H12O2/c1-3-7-5-6-8-4-2/h1-6H2/q-2. The summed E-state index contributed by atoms with van der Waals surface area (Å²) in [6.07, 6.45) is 0. The third-order valence-corrected chi connectivity index (χ3v) is 0.661. The Bertz CT molecular complexity index is 31.5. The summed E-state index contributed by atoms with van der Waals surface area (Å²) in [5, 5.41) is 0. The molecule has 0 unspecified atom stereocenters. The van der Waals surface area contributed by atoms with Crippen molar-refractivity contribution in [3.63, 3.8) is 0 Å². The molecule has 0 bridgehead atoms. The molecular formula is C6H12O2-2. The van der Waals surface area contributed by atoms with Gasteiger partial charge in [0.05, 0.1) is 13.2 Å². The maximum atomic E-state index is 4.87. The normalized spacial score (nSPS) is 9.75. The van der Waals surface area contributed by atoms with Crippen molar-refractivity contribution in [2.24, 2.45) is 0 Å². The molecule has 0 saturated heterocycles. The minimum absolute atomic E-state index is 0.514. The highest BCUT2D eigenvalue weighted by molar-refractivity contribution is 4.34. The summed E-state index contributed by atoms with van der Waals surface area (Å²) in [5.74, 6) is 0. The average molecular weight is 116 g/mol. The van der Waals surface area contributed by atoms with Crippen LogP contribution in [0.5, 0.6) is 0 Å². The number of hydrogen-bond acceptors (Lipinski definition) is 2. The molecule has 0 aromatic carbocycles. The predicted molar refractivity (Wildman–Crippen MR) is 32.4 cm³/mol. The second kappa shape index (κ2) is 6.92. The lowest BCUT2D eigenvalue weighted by Gasteiger charge is -2.04. The van der Waals surface area contributed by atoms with Gasteiger partial charge in [0.1, 0.15) is 0 Å². The van der Waals surface area contributed by atoms with E-state index in [1.165, 1.54) is 0 Å². The monoisotopic (exact) mass is 116 g/mol. The summed E-state index contributed by atoms with van der Waals surface area (Å²) in [4.78, 5) is 0. The van der Waals surface area contributed by atoms with E-state index in [0.29, 0.717) is 26.4 Å². The molecule has 0 rings (SSSR count). The van der Waals surface area contributed by atoms with Crippen LogP contribution < -0.4 is 0 Å². The predicted octanol–water partition coefficient (Wildman–Crippen LogP) is 0.688. The van der Waals surface area contributed by atoms with Crippen LogP contribution in [0.1, 0.15) is 0 Å². The molecule has 0 N–H and O–H groups in total. The molecule has 0 aromatic rings. The van der Waals surface area contributed by atoms with Crippen LogP contribution in [0, 0.1) is 13.8 Å². The van der Waals surface area contributed by atoms with Crippen molar-refractivity contribution in [3.8, 4) is 0 Å². The molecule has 0 heterocycles. The zero-order chi connectivity index (χ0) is 6.24. The van der Waals surface area contributed by atoms with Crippen LogP contribution in [0.15, 0.2) is 0 Å². The molecule has 0 aromatic heterocycles. The van der Waals surface area contributed by atoms with Gasteiger partial charge in [0.2, 0.25) is 0 Å². The summed E-state index contributed by atoms with van der Waals surface area (Å²) in [6.45, 7) is 9.26. The van der Waals surface area contributed by atoms with E-state index in [2.05, 4.69) is 13.8 Å². The fraction of sp³-hybridized carbons (Fsp3) is 0.667. The lowest BCUT2D eigenvalue weighted by molar-refractivity contribution is 0.0696. The maximum Gasteiger partial charge on any atom is 0.0663 e. The van der Waals surface area contributed by atoms with Crippen LogP contribution in [-0.2, 0) is 9.47 Å². The Labute approximate surface area is 50.8 Å². The Kier molecular flexibility index (Phi) is 6.85. The Balaban J connectivity index is 2.53. The largest absolute Gasteiger partial charge is 0.411 e. The Morgan fingerprint density at radius 2 is 1.25 bits per heavy atom. The van der Waals surface area contributed by atoms with Gasteiger partial charge < -0.3 is 23.3 Å². The van der Waals surface area contributed by atoms with Crippen molar-refractivity contribution in [3.05, 3.63) is 13.8 Å². The highest BCUT2D eigenvalue weighted by Crippen LogP contribution is 1.74. The third kappa shape index (κ3) is 5.92. The number of hydrogen-bond donors (Lipinski definition) is 0. The fourth-order valence-corrected chi connectivity index (χ4v) is 0.322. The van der Waals surface area contributed by atoms with Gasteiger partial charge in [-0.25, -0.2) is 0 Å². The van der Waals surface area contributed by atoms with Crippen LogP contribution in [0.4, 0.5) is 0 Å². The molecule has 0 amide bonds. The van der Waals surface area contributed by atoms with Gasteiger partial charge in [0.15, 0.2) is 0 Å². The molecule has 0 aliphatic heterocycles. The SMILES string of the molecule is [CH2-]COCCOC[CH2-]. The third-order valence-electron chi connectivity index (χ3n) is 0.661. The van der Waals surface area contributed by atoms with Gasteiger partial charge >= 0.3 is 0 Å². The van der Waals surface area contributed by atoms with Crippen molar-refractivity contribution >= 4 is 0 Å². The zero-order valence-electron chi connectivity index (χ0n) is 5.06. The van der Waals surface area contributed by atoms with Crippen molar-refractivity contribution in [1.29, 1.82) is 0 Å². The van der Waals surface area contributed by atoms with E-state index in [0.717, 1.165) is 0 Å².